The molecule has 1 aliphatic rings. The Bertz CT molecular complexity index is 913. The van der Waals surface area contributed by atoms with Crippen LogP contribution in [0.25, 0.3) is 11.3 Å². The second kappa shape index (κ2) is 7.26. The quantitative estimate of drug-likeness (QED) is 0.620. The fraction of sp³-hybridized carbons (Fsp3) is 0.350. The summed E-state index contributed by atoms with van der Waals surface area (Å²) < 4.78 is 12.8. The van der Waals surface area contributed by atoms with Crippen molar-refractivity contribution < 1.29 is 14.1 Å². The SMILES string of the molecule is COc1cccc(-c2cc(C3(C(=O)NCCCn4ccnc4)CC3)no2)c1. The average Bonchev–Trinajstić information content (AvgIpc) is 3.11. The summed E-state index contributed by atoms with van der Waals surface area (Å²) in [5, 5.41) is 7.22. The zero-order valence-corrected chi connectivity index (χ0v) is 15.2. The van der Waals surface area contributed by atoms with Crippen molar-refractivity contribution in [2.75, 3.05) is 13.7 Å². The minimum Gasteiger partial charge on any atom is -0.497 e. The summed E-state index contributed by atoms with van der Waals surface area (Å²) in [4.78, 5) is 16.7. The Labute approximate surface area is 157 Å². The number of ether oxygens (including phenoxy) is 1. The lowest BCUT2D eigenvalue weighted by Crippen LogP contribution is -2.35. The van der Waals surface area contributed by atoms with Crippen LogP contribution in [0.2, 0.25) is 0 Å². The van der Waals surface area contributed by atoms with Crippen LogP contribution < -0.4 is 10.1 Å². The summed E-state index contributed by atoms with van der Waals surface area (Å²) in [6.45, 7) is 1.45. The molecule has 0 radical (unpaired) electrons. The number of hydrogen-bond acceptors (Lipinski definition) is 5. The van der Waals surface area contributed by atoms with Crippen LogP contribution >= 0.6 is 0 Å². The largest absolute Gasteiger partial charge is 0.497 e. The van der Waals surface area contributed by atoms with Gasteiger partial charge in [-0.2, -0.15) is 0 Å². The predicted molar refractivity (Wildman–Crippen MR) is 99.3 cm³/mol. The topological polar surface area (TPSA) is 82.2 Å². The molecule has 0 aliphatic heterocycles. The molecule has 7 heteroatoms. The van der Waals surface area contributed by atoms with Crippen LogP contribution in [0.1, 0.15) is 25.0 Å². The first-order valence-corrected chi connectivity index (χ1v) is 9.07. The van der Waals surface area contributed by atoms with Gasteiger partial charge in [-0.15, -0.1) is 0 Å². The number of nitrogens with zero attached hydrogens (tertiary/aromatic N) is 3. The van der Waals surface area contributed by atoms with Crippen LogP contribution in [0.4, 0.5) is 0 Å². The highest BCUT2D eigenvalue weighted by Gasteiger charge is 2.53. The average molecular weight is 366 g/mol. The van der Waals surface area contributed by atoms with Crippen molar-refractivity contribution >= 4 is 5.91 Å². The van der Waals surface area contributed by atoms with Crippen LogP contribution in [0, 0.1) is 0 Å². The first-order chi connectivity index (χ1) is 13.2. The highest BCUT2D eigenvalue weighted by molar-refractivity contribution is 5.91. The number of amides is 1. The molecule has 0 spiro atoms. The normalized spacial score (nSPS) is 14.7. The molecule has 0 atom stereocenters. The number of benzene rings is 1. The molecule has 1 N–H and O–H groups in total. The van der Waals surface area contributed by atoms with E-state index >= 15 is 0 Å². The molecule has 4 rings (SSSR count). The second-order valence-corrected chi connectivity index (χ2v) is 6.80. The van der Waals surface area contributed by atoms with E-state index < -0.39 is 5.41 Å². The third-order valence-corrected chi connectivity index (χ3v) is 4.98. The smallest absolute Gasteiger partial charge is 0.232 e. The molecule has 1 aromatic carbocycles. The van der Waals surface area contributed by atoms with Gasteiger partial charge >= 0.3 is 0 Å². The van der Waals surface area contributed by atoms with E-state index in [1.54, 1.807) is 19.6 Å². The van der Waals surface area contributed by atoms with Gasteiger partial charge in [-0.3, -0.25) is 4.79 Å². The van der Waals surface area contributed by atoms with E-state index in [0.29, 0.717) is 18.0 Å². The first kappa shape index (κ1) is 17.3. The Morgan fingerprint density at radius 3 is 3.00 bits per heavy atom. The van der Waals surface area contributed by atoms with Crippen molar-refractivity contribution in [3.8, 4) is 17.1 Å². The van der Waals surface area contributed by atoms with Crippen LogP contribution in [0.5, 0.6) is 5.75 Å². The summed E-state index contributed by atoms with van der Waals surface area (Å²) in [6.07, 6.45) is 7.89. The zero-order valence-electron chi connectivity index (χ0n) is 15.2. The van der Waals surface area contributed by atoms with Crippen molar-refractivity contribution in [2.45, 2.75) is 31.2 Å². The monoisotopic (exact) mass is 366 g/mol. The molecule has 1 amide bonds. The molecule has 0 unspecified atom stereocenters. The molecule has 2 heterocycles. The number of carbonyl (C=O) groups is 1. The number of hydrogen-bond donors (Lipinski definition) is 1. The van der Waals surface area contributed by atoms with E-state index in [0.717, 1.165) is 37.1 Å². The van der Waals surface area contributed by atoms with Gasteiger partial charge in [-0.05, 0) is 31.4 Å². The van der Waals surface area contributed by atoms with Crippen molar-refractivity contribution in [3.05, 3.63) is 54.7 Å². The molecular weight excluding hydrogens is 344 g/mol. The van der Waals surface area contributed by atoms with Gasteiger partial charge in [0.2, 0.25) is 5.91 Å². The van der Waals surface area contributed by atoms with Crippen molar-refractivity contribution in [2.24, 2.45) is 0 Å². The lowest BCUT2D eigenvalue weighted by atomic mass is 10.0. The molecule has 0 saturated heterocycles. The van der Waals surface area contributed by atoms with Crippen molar-refractivity contribution in [1.29, 1.82) is 0 Å². The number of imidazole rings is 1. The molecular formula is C20H22N4O3. The molecule has 27 heavy (non-hydrogen) atoms. The van der Waals surface area contributed by atoms with Gasteiger partial charge in [0, 0.05) is 37.1 Å². The van der Waals surface area contributed by atoms with Gasteiger partial charge in [0.1, 0.15) is 5.75 Å². The Kier molecular flexibility index (Phi) is 4.66. The van der Waals surface area contributed by atoms with Gasteiger partial charge in [0.25, 0.3) is 0 Å². The molecule has 1 aliphatic carbocycles. The Balaban J connectivity index is 1.39. The fourth-order valence-corrected chi connectivity index (χ4v) is 3.19. The van der Waals surface area contributed by atoms with E-state index in [9.17, 15) is 4.79 Å². The number of aryl methyl sites for hydroxylation is 1. The Hall–Kier alpha value is -3.09. The number of nitrogens with one attached hydrogen (secondary N) is 1. The molecule has 0 bridgehead atoms. The van der Waals surface area contributed by atoms with Crippen LogP contribution in [-0.4, -0.2) is 34.3 Å². The third kappa shape index (κ3) is 3.58. The van der Waals surface area contributed by atoms with Gasteiger partial charge in [-0.1, -0.05) is 17.3 Å². The molecule has 1 fully saturated rings. The fourth-order valence-electron chi connectivity index (χ4n) is 3.19. The van der Waals surface area contributed by atoms with Gasteiger partial charge in [-0.25, -0.2) is 4.98 Å². The van der Waals surface area contributed by atoms with Crippen molar-refractivity contribution in [1.82, 2.24) is 20.0 Å². The van der Waals surface area contributed by atoms with Crippen LogP contribution in [0.15, 0.2) is 53.6 Å². The van der Waals surface area contributed by atoms with Crippen LogP contribution in [0.3, 0.4) is 0 Å². The summed E-state index contributed by atoms with van der Waals surface area (Å²) in [7, 11) is 1.63. The highest BCUT2D eigenvalue weighted by atomic mass is 16.5. The lowest BCUT2D eigenvalue weighted by molar-refractivity contribution is -0.123. The Morgan fingerprint density at radius 2 is 2.26 bits per heavy atom. The summed E-state index contributed by atoms with van der Waals surface area (Å²) in [6, 6.07) is 9.46. The molecule has 3 aromatic rings. The molecule has 7 nitrogen and oxygen atoms in total. The maximum Gasteiger partial charge on any atom is 0.232 e. The maximum atomic E-state index is 12.7. The minimum absolute atomic E-state index is 0.0265. The van der Waals surface area contributed by atoms with Gasteiger partial charge < -0.3 is 19.1 Å². The number of methoxy groups -OCH3 is 1. The van der Waals surface area contributed by atoms with E-state index in [-0.39, 0.29) is 5.91 Å². The zero-order chi connectivity index (χ0) is 18.7. The van der Waals surface area contributed by atoms with Crippen molar-refractivity contribution in [3.63, 3.8) is 0 Å². The van der Waals surface area contributed by atoms with Crippen LogP contribution in [-0.2, 0) is 16.8 Å². The van der Waals surface area contributed by atoms with Gasteiger partial charge in [0.05, 0.1) is 24.5 Å². The molecule has 2 aromatic heterocycles. The number of rotatable bonds is 8. The predicted octanol–water partition coefficient (Wildman–Crippen LogP) is 2.78. The lowest BCUT2D eigenvalue weighted by Gasteiger charge is -2.12. The summed E-state index contributed by atoms with van der Waals surface area (Å²) in [5.41, 5.74) is 1.03. The first-order valence-electron chi connectivity index (χ1n) is 9.07. The second-order valence-electron chi connectivity index (χ2n) is 6.80. The maximum absolute atomic E-state index is 12.7. The summed E-state index contributed by atoms with van der Waals surface area (Å²) in [5.74, 6) is 1.42. The minimum atomic E-state index is -0.546. The highest BCUT2D eigenvalue weighted by Crippen LogP contribution is 2.48. The van der Waals surface area contributed by atoms with E-state index in [1.165, 1.54) is 0 Å². The number of carbonyl (C=O) groups excluding carboxylic acids is 1. The summed E-state index contributed by atoms with van der Waals surface area (Å²) >= 11 is 0. The molecule has 1 saturated carbocycles. The third-order valence-electron chi connectivity index (χ3n) is 4.98. The Morgan fingerprint density at radius 1 is 1.37 bits per heavy atom. The van der Waals surface area contributed by atoms with E-state index in [4.69, 9.17) is 9.26 Å². The standard InChI is InChI=1S/C20H22N4O3/c1-26-16-5-2-4-15(12-16)17-13-18(23-27-17)20(6-7-20)19(25)22-8-3-10-24-11-9-21-14-24/h2,4-5,9,11-14H,3,6-8,10H2,1H3,(H,22,25). The van der Waals surface area contributed by atoms with Gasteiger partial charge in [0.15, 0.2) is 5.76 Å². The number of aromatic nitrogens is 3. The molecule has 140 valence electrons. The van der Waals surface area contributed by atoms with E-state index in [2.05, 4.69) is 15.5 Å². The van der Waals surface area contributed by atoms with E-state index in [1.807, 2.05) is 41.1 Å².